The number of halogens is 2. The first-order chi connectivity index (χ1) is 10.1. The van der Waals surface area contributed by atoms with Gasteiger partial charge in [0.05, 0.1) is 0 Å². The van der Waals surface area contributed by atoms with Gasteiger partial charge in [-0.05, 0) is 37.1 Å². The van der Waals surface area contributed by atoms with Gasteiger partial charge in [-0.15, -0.1) is 0 Å². The molecule has 1 unspecified atom stereocenters. The monoisotopic (exact) mass is 289 g/mol. The van der Waals surface area contributed by atoms with Gasteiger partial charge < -0.3 is 5.32 Å². The molecule has 1 nitrogen and oxygen atoms in total. The molecule has 0 aliphatic heterocycles. The van der Waals surface area contributed by atoms with Gasteiger partial charge >= 0.3 is 0 Å². The lowest BCUT2D eigenvalue weighted by molar-refractivity contribution is 0.547. The van der Waals surface area contributed by atoms with Crippen LogP contribution < -0.4 is 5.32 Å². The molecule has 0 fully saturated rings. The molecule has 0 saturated carbocycles. The van der Waals surface area contributed by atoms with Gasteiger partial charge in [-0.2, -0.15) is 0 Å². The van der Waals surface area contributed by atoms with Gasteiger partial charge in [0.25, 0.3) is 0 Å². The Morgan fingerprint density at radius 1 is 1.10 bits per heavy atom. The smallest absolute Gasteiger partial charge is 0.129 e. The molecule has 21 heavy (non-hydrogen) atoms. The molecule has 1 atom stereocenters. The molecule has 112 valence electrons. The molecule has 0 bridgehead atoms. The van der Waals surface area contributed by atoms with E-state index in [2.05, 4.69) is 17.4 Å². The van der Waals surface area contributed by atoms with Crippen molar-refractivity contribution >= 4 is 0 Å². The molecule has 2 aromatic rings. The van der Waals surface area contributed by atoms with Crippen LogP contribution in [-0.2, 0) is 6.42 Å². The quantitative estimate of drug-likeness (QED) is 0.840. The summed E-state index contributed by atoms with van der Waals surface area (Å²) in [6.45, 7) is 5.74. The lowest BCUT2D eigenvalue weighted by Gasteiger charge is -2.19. The Balaban J connectivity index is 2.23. The summed E-state index contributed by atoms with van der Waals surface area (Å²) in [5, 5.41) is 3.32. The minimum atomic E-state index is -0.532. The average Bonchev–Trinajstić information content (AvgIpc) is 2.45. The van der Waals surface area contributed by atoms with Gasteiger partial charge in [-0.1, -0.05) is 42.8 Å². The minimum Gasteiger partial charge on any atom is -0.316 e. The largest absolute Gasteiger partial charge is 0.316 e. The second-order valence-electron chi connectivity index (χ2n) is 5.36. The van der Waals surface area contributed by atoms with E-state index < -0.39 is 11.6 Å². The molecule has 0 aliphatic carbocycles. The van der Waals surface area contributed by atoms with E-state index in [4.69, 9.17) is 0 Å². The van der Waals surface area contributed by atoms with Crippen molar-refractivity contribution in [1.82, 2.24) is 5.32 Å². The Bertz CT molecular complexity index is 596. The molecule has 1 N–H and O–H groups in total. The number of rotatable bonds is 6. The predicted molar refractivity (Wildman–Crippen MR) is 82.5 cm³/mol. The van der Waals surface area contributed by atoms with Crippen molar-refractivity contribution in [3.05, 3.63) is 70.8 Å². The minimum absolute atomic E-state index is 0.171. The van der Waals surface area contributed by atoms with Crippen LogP contribution in [0.4, 0.5) is 8.78 Å². The fourth-order valence-corrected chi connectivity index (χ4v) is 2.50. The molecule has 0 aromatic heterocycles. The standard InChI is InChI=1S/C18H21F2N/c1-3-21-12-16(14-6-4-5-13(2)9-14)10-15-7-8-17(19)11-18(15)20/h4-9,11,16,21H,3,10,12H2,1-2H3. The third kappa shape index (κ3) is 4.36. The summed E-state index contributed by atoms with van der Waals surface area (Å²) in [6, 6.07) is 12.1. The number of nitrogens with one attached hydrogen (secondary N) is 1. The van der Waals surface area contributed by atoms with E-state index in [0.29, 0.717) is 12.0 Å². The number of likely N-dealkylation sites (N-methyl/N-ethyl adjacent to an activating group) is 1. The van der Waals surface area contributed by atoms with E-state index in [1.165, 1.54) is 17.2 Å². The Hall–Kier alpha value is -1.74. The molecule has 0 aliphatic rings. The number of benzene rings is 2. The highest BCUT2D eigenvalue weighted by Gasteiger charge is 2.15. The second kappa shape index (κ2) is 7.32. The first-order valence-electron chi connectivity index (χ1n) is 7.31. The highest BCUT2D eigenvalue weighted by molar-refractivity contribution is 5.29. The van der Waals surface area contributed by atoms with Crippen LogP contribution in [0.15, 0.2) is 42.5 Å². The summed E-state index contributed by atoms with van der Waals surface area (Å²) in [4.78, 5) is 0. The zero-order valence-corrected chi connectivity index (χ0v) is 12.5. The topological polar surface area (TPSA) is 12.0 Å². The lowest BCUT2D eigenvalue weighted by Crippen LogP contribution is -2.23. The van der Waals surface area contributed by atoms with Crippen LogP contribution in [-0.4, -0.2) is 13.1 Å². The fourth-order valence-electron chi connectivity index (χ4n) is 2.50. The number of hydrogen-bond donors (Lipinski definition) is 1. The van der Waals surface area contributed by atoms with E-state index in [0.717, 1.165) is 19.2 Å². The van der Waals surface area contributed by atoms with Gasteiger partial charge in [-0.3, -0.25) is 0 Å². The summed E-state index contributed by atoms with van der Waals surface area (Å²) in [5.74, 6) is -0.830. The maximum Gasteiger partial charge on any atom is 0.129 e. The molecule has 2 aromatic carbocycles. The summed E-state index contributed by atoms with van der Waals surface area (Å²) in [6.07, 6.45) is 0.558. The Kier molecular flexibility index (Phi) is 5.45. The zero-order valence-electron chi connectivity index (χ0n) is 12.5. The first kappa shape index (κ1) is 15.6. The molecular weight excluding hydrogens is 268 g/mol. The van der Waals surface area contributed by atoms with Crippen molar-refractivity contribution in [2.45, 2.75) is 26.2 Å². The van der Waals surface area contributed by atoms with Crippen LogP contribution in [0.1, 0.15) is 29.5 Å². The Morgan fingerprint density at radius 2 is 1.90 bits per heavy atom. The van der Waals surface area contributed by atoms with Crippen molar-refractivity contribution in [3.8, 4) is 0 Å². The number of hydrogen-bond acceptors (Lipinski definition) is 1. The third-order valence-corrected chi connectivity index (χ3v) is 3.64. The summed E-state index contributed by atoms with van der Waals surface area (Å²) < 4.78 is 26.9. The average molecular weight is 289 g/mol. The molecule has 0 amide bonds. The molecule has 0 spiro atoms. The van der Waals surface area contributed by atoms with Gasteiger partial charge in [0, 0.05) is 18.5 Å². The van der Waals surface area contributed by atoms with E-state index in [9.17, 15) is 8.78 Å². The zero-order chi connectivity index (χ0) is 15.2. The van der Waals surface area contributed by atoms with Crippen LogP contribution in [0.3, 0.4) is 0 Å². The van der Waals surface area contributed by atoms with Crippen LogP contribution in [0.25, 0.3) is 0 Å². The van der Waals surface area contributed by atoms with Crippen LogP contribution >= 0.6 is 0 Å². The van der Waals surface area contributed by atoms with Crippen molar-refractivity contribution in [3.63, 3.8) is 0 Å². The summed E-state index contributed by atoms with van der Waals surface area (Å²) >= 11 is 0. The Morgan fingerprint density at radius 3 is 2.57 bits per heavy atom. The van der Waals surface area contributed by atoms with E-state index in [1.807, 2.05) is 26.0 Å². The fraction of sp³-hybridized carbons (Fsp3) is 0.333. The number of aryl methyl sites for hydroxylation is 1. The molecule has 0 heterocycles. The lowest BCUT2D eigenvalue weighted by atomic mass is 9.90. The Labute approximate surface area is 125 Å². The van der Waals surface area contributed by atoms with E-state index in [-0.39, 0.29) is 5.92 Å². The molecule has 0 saturated heterocycles. The van der Waals surface area contributed by atoms with Crippen LogP contribution in [0.2, 0.25) is 0 Å². The van der Waals surface area contributed by atoms with Crippen molar-refractivity contribution in [2.24, 2.45) is 0 Å². The third-order valence-electron chi connectivity index (χ3n) is 3.64. The molecule has 0 radical (unpaired) electrons. The van der Waals surface area contributed by atoms with Gasteiger partial charge in [0.1, 0.15) is 11.6 Å². The molecule has 2 rings (SSSR count). The second-order valence-corrected chi connectivity index (χ2v) is 5.36. The van der Waals surface area contributed by atoms with Crippen molar-refractivity contribution < 1.29 is 8.78 Å². The molecule has 3 heteroatoms. The van der Waals surface area contributed by atoms with Crippen LogP contribution in [0, 0.1) is 18.6 Å². The van der Waals surface area contributed by atoms with Crippen molar-refractivity contribution in [1.29, 1.82) is 0 Å². The molecular formula is C18H21F2N. The van der Waals surface area contributed by atoms with E-state index in [1.54, 1.807) is 6.07 Å². The van der Waals surface area contributed by atoms with Gasteiger partial charge in [0.2, 0.25) is 0 Å². The summed E-state index contributed by atoms with van der Waals surface area (Å²) in [5.41, 5.74) is 2.93. The maximum atomic E-state index is 13.9. The van der Waals surface area contributed by atoms with Gasteiger partial charge in [-0.25, -0.2) is 8.78 Å². The first-order valence-corrected chi connectivity index (χ1v) is 7.31. The van der Waals surface area contributed by atoms with Crippen LogP contribution in [0.5, 0.6) is 0 Å². The van der Waals surface area contributed by atoms with E-state index >= 15 is 0 Å². The summed E-state index contributed by atoms with van der Waals surface area (Å²) in [7, 11) is 0. The normalized spacial score (nSPS) is 12.4. The maximum absolute atomic E-state index is 13.9. The highest BCUT2D eigenvalue weighted by Crippen LogP contribution is 2.23. The predicted octanol–water partition coefficient (Wildman–Crippen LogP) is 4.21. The highest BCUT2D eigenvalue weighted by atomic mass is 19.1. The van der Waals surface area contributed by atoms with Crippen molar-refractivity contribution in [2.75, 3.05) is 13.1 Å². The SMILES string of the molecule is CCNCC(Cc1ccc(F)cc1F)c1cccc(C)c1. The van der Waals surface area contributed by atoms with Gasteiger partial charge in [0.15, 0.2) is 0 Å².